The molecule has 9 heteroatoms. The topological polar surface area (TPSA) is 102 Å². The number of aromatic amines is 2. The van der Waals surface area contributed by atoms with Gasteiger partial charge in [-0.2, -0.15) is 5.10 Å². The van der Waals surface area contributed by atoms with Gasteiger partial charge in [-0.3, -0.25) is 10.1 Å². The maximum atomic E-state index is 14.7. The molecule has 0 saturated carbocycles. The van der Waals surface area contributed by atoms with Gasteiger partial charge in [0, 0.05) is 40.7 Å². The molecule has 0 spiro atoms. The van der Waals surface area contributed by atoms with E-state index in [9.17, 15) is 9.50 Å². The molecule has 6 aromatic rings. The van der Waals surface area contributed by atoms with E-state index in [1.165, 1.54) is 12.1 Å². The molecule has 4 N–H and O–H groups in total. The van der Waals surface area contributed by atoms with Crippen LogP contribution in [0.3, 0.4) is 0 Å². The molecule has 232 valence electrons. The molecule has 1 unspecified atom stereocenters. The van der Waals surface area contributed by atoms with Crippen LogP contribution in [0.15, 0.2) is 79.1 Å². The Morgan fingerprint density at radius 3 is 2.58 bits per heavy atom. The number of nitrogens with zero attached hydrogens (tertiary/aromatic N) is 3. The predicted molar refractivity (Wildman–Crippen MR) is 180 cm³/mol. The van der Waals surface area contributed by atoms with Crippen LogP contribution in [0.1, 0.15) is 27.2 Å². The van der Waals surface area contributed by atoms with Crippen LogP contribution in [0, 0.1) is 11.2 Å². The summed E-state index contributed by atoms with van der Waals surface area (Å²) in [6.45, 7) is 7.50. The third kappa shape index (κ3) is 7.00. The number of fused-ring (bicyclic) bond motifs is 2. The maximum absolute atomic E-state index is 14.7. The quantitative estimate of drug-likeness (QED) is 0.119. The number of H-pyrrole nitrogens is 2. The average Bonchev–Trinajstić information content (AvgIpc) is 3.59. The van der Waals surface area contributed by atoms with Crippen molar-refractivity contribution in [1.29, 1.82) is 0 Å². The Morgan fingerprint density at radius 1 is 0.933 bits per heavy atom. The summed E-state index contributed by atoms with van der Waals surface area (Å²) in [6.07, 6.45) is 3.47. The number of rotatable bonds is 10. The van der Waals surface area contributed by atoms with Crippen molar-refractivity contribution in [3.8, 4) is 39.4 Å². The van der Waals surface area contributed by atoms with Gasteiger partial charge in [0.05, 0.1) is 23.1 Å². The summed E-state index contributed by atoms with van der Waals surface area (Å²) >= 11 is 0. The van der Waals surface area contributed by atoms with E-state index in [0.717, 1.165) is 67.7 Å². The number of aliphatic hydroxyl groups is 1. The Hall–Kier alpha value is -4.73. The monoisotopic (exact) mass is 606 g/mol. The molecule has 1 atom stereocenters. The van der Waals surface area contributed by atoms with E-state index < -0.39 is 6.23 Å². The van der Waals surface area contributed by atoms with E-state index >= 15 is 0 Å². The minimum atomic E-state index is -0.675. The fourth-order valence-electron chi connectivity index (χ4n) is 5.58. The molecule has 0 aliphatic carbocycles. The number of hydrogen-bond donors (Lipinski definition) is 4. The lowest BCUT2D eigenvalue weighted by molar-refractivity contribution is 0.145. The summed E-state index contributed by atoms with van der Waals surface area (Å²) in [5.74, 6) is 0.159. The molecule has 0 bridgehead atoms. The van der Waals surface area contributed by atoms with Crippen molar-refractivity contribution in [2.45, 2.75) is 33.4 Å². The minimum Gasteiger partial charge on any atom is -0.492 e. The van der Waals surface area contributed by atoms with E-state index in [2.05, 4.69) is 58.4 Å². The standard InChI is InChI=1S/C36H39FN6O2/c1-36(2,3)19-34(44)39-26-14-24(20-38-21-26)22-9-10-32-30(16-22)35(42-41-32)33-18-29-28(7-6-8-31(29)40-33)23-13-25(37)17-27(15-23)45-12-11-43(4)5/h6-10,13-18,20-21,34,39-40,44H,11-12,19H2,1-5H3,(H,41,42). The molecular weight excluding hydrogens is 567 g/mol. The van der Waals surface area contributed by atoms with Crippen molar-refractivity contribution in [3.05, 3.63) is 84.9 Å². The molecule has 3 heterocycles. The summed E-state index contributed by atoms with van der Waals surface area (Å²) in [5, 5.41) is 23.4. The van der Waals surface area contributed by atoms with Gasteiger partial charge in [-0.15, -0.1) is 0 Å². The molecule has 0 radical (unpaired) electrons. The van der Waals surface area contributed by atoms with Crippen LogP contribution in [0.25, 0.3) is 55.4 Å². The molecule has 0 aliphatic rings. The first-order valence-corrected chi connectivity index (χ1v) is 15.1. The molecule has 0 aliphatic heterocycles. The Balaban J connectivity index is 1.32. The zero-order valence-corrected chi connectivity index (χ0v) is 26.3. The SMILES string of the molecule is CN(C)CCOc1cc(F)cc(-c2cccc3[nH]c(-c4n[nH]c5ccc(-c6cncc(NC(O)CC(C)(C)C)c6)cc45)cc23)c1. The fourth-order valence-corrected chi connectivity index (χ4v) is 5.58. The van der Waals surface area contributed by atoms with E-state index in [4.69, 9.17) is 4.74 Å². The number of anilines is 1. The minimum absolute atomic E-state index is 0.00994. The number of aromatic nitrogens is 4. The third-order valence-electron chi connectivity index (χ3n) is 7.68. The lowest BCUT2D eigenvalue weighted by atomic mass is 9.91. The van der Waals surface area contributed by atoms with Gasteiger partial charge in [-0.1, -0.05) is 39.0 Å². The van der Waals surface area contributed by atoms with Crippen molar-refractivity contribution < 1.29 is 14.2 Å². The van der Waals surface area contributed by atoms with Crippen molar-refractivity contribution in [2.75, 3.05) is 32.6 Å². The van der Waals surface area contributed by atoms with Crippen LogP contribution in [0.5, 0.6) is 5.75 Å². The van der Waals surface area contributed by atoms with Crippen molar-refractivity contribution >= 4 is 27.5 Å². The van der Waals surface area contributed by atoms with E-state index in [-0.39, 0.29) is 11.2 Å². The number of benzene rings is 3. The number of pyridine rings is 1. The van der Waals surface area contributed by atoms with Crippen LogP contribution in [0.4, 0.5) is 10.1 Å². The first-order valence-electron chi connectivity index (χ1n) is 15.1. The molecule has 0 saturated heterocycles. The fraction of sp³-hybridized carbons (Fsp3) is 0.278. The van der Waals surface area contributed by atoms with Crippen molar-refractivity contribution in [3.63, 3.8) is 0 Å². The molecule has 45 heavy (non-hydrogen) atoms. The maximum Gasteiger partial charge on any atom is 0.127 e. The van der Waals surface area contributed by atoms with Gasteiger partial charge in [0.15, 0.2) is 0 Å². The van der Waals surface area contributed by atoms with Gasteiger partial charge in [0.25, 0.3) is 0 Å². The van der Waals surface area contributed by atoms with Crippen molar-refractivity contribution in [1.82, 2.24) is 25.1 Å². The van der Waals surface area contributed by atoms with Crippen LogP contribution in [-0.4, -0.2) is 63.6 Å². The van der Waals surface area contributed by atoms with Crippen LogP contribution < -0.4 is 10.1 Å². The highest BCUT2D eigenvalue weighted by atomic mass is 19.1. The molecule has 0 amide bonds. The summed E-state index contributed by atoms with van der Waals surface area (Å²) in [7, 11) is 3.95. The number of ether oxygens (including phenoxy) is 1. The number of nitrogens with one attached hydrogen (secondary N) is 3. The summed E-state index contributed by atoms with van der Waals surface area (Å²) < 4.78 is 20.6. The van der Waals surface area contributed by atoms with Crippen LogP contribution in [-0.2, 0) is 0 Å². The Morgan fingerprint density at radius 2 is 1.78 bits per heavy atom. The Kier molecular flexibility index (Phi) is 8.31. The molecule has 3 aromatic heterocycles. The number of halogens is 1. The van der Waals surface area contributed by atoms with E-state index in [1.807, 2.05) is 67.7 Å². The van der Waals surface area contributed by atoms with Crippen LogP contribution >= 0.6 is 0 Å². The van der Waals surface area contributed by atoms with Crippen LogP contribution in [0.2, 0.25) is 0 Å². The number of hydrogen-bond acceptors (Lipinski definition) is 6. The summed E-state index contributed by atoms with van der Waals surface area (Å²) in [5.41, 5.74) is 7.74. The van der Waals surface area contributed by atoms with Gasteiger partial charge in [-0.25, -0.2) is 4.39 Å². The largest absolute Gasteiger partial charge is 0.492 e. The molecule has 6 rings (SSSR count). The number of likely N-dealkylation sites (N-methyl/N-ethyl adjacent to an activating group) is 1. The highest BCUT2D eigenvalue weighted by Gasteiger charge is 2.18. The normalized spacial score (nSPS) is 12.7. The summed E-state index contributed by atoms with van der Waals surface area (Å²) in [6, 6.07) is 21.0. The highest BCUT2D eigenvalue weighted by molar-refractivity contribution is 6.02. The van der Waals surface area contributed by atoms with E-state index in [0.29, 0.717) is 18.8 Å². The highest BCUT2D eigenvalue weighted by Crippen LogP contribution is 2.36. The molecule has 3 aromatic carbocycles. The first-order chi connectivity index (χ1) is 21.5. The average molecular weight is 607 g/mol. The van der Waals surface area contributed by atoms with Gasteiger partial charge < -0.3 is 25.0 Å². The Labute approximate surface area is 262 Å². The Bertz CT molecular complexity index is 1960. The lowest BCUT2D eigenvalue weighted by Crippen LogP contribution is -2.25. The number of aliphatic hydroxyl groups excluding tert-OH is 1. The van der Waals surface area contributed by atoms with Crippen molar-refractivity contribution in [2.24, 2.45) is 5.41 Å². The molecule has 0 fully saturated rings. The lowest BCUT2D eigenvalue weighted by Gasteiger charge is -2.23. The zero-order valence-electron chi connectivity index (χ0n) is 26.3. The van der Waals surface area contributed by atoms with E-state index in [1.54, 1.807) is 6.20 Å². The van der Waals surface area contributed by atoms with Gasteiger partial charge >= 0.3 is 0 Å². The smallest absolute Gasteiger partial charge is 0.127 e. The third-order valence-corrected chi connectivity index (χ3v) is 7.68. The van der Waals surface area contributed by atoms with Gasteiger partial charge in [0.1, 0.15) is 30.1 Å². The van der Waals surface area contributed by atoms with Gasteiger partial charge in [-0.05, 0) is 85.1 Å². The first kappa shape index (κ1) is 30.3. The second-order valence-electron chi connectivity index (χ2n) is 13.0. The summed E-state index contributed by atoms with van der Waals surface area (Å²) in [4.78, 5) is 9.97. The second kappa shape index (κ2) is 12.3. The second-order valence-corrected chi connectivity index (χ2v) is 13.0. The molecule has 8 nitrogen and oxygen atoms in total. The molecular formula is C36H39FN6O2. The zero-order chi connectivity index (χ0) is 31.7. The predicted octanol–water partition coefficient (Wildman–Crippen LogP) is 7.69. The van der Waals surface area contributed by atoms with Gasteiger partial charge in [0.2, 0.25) is 0 Å².